The molecule has 0 aromatic heterocycles. The van der Waals surface area contributed by atoms with Crippen LogP contribution in [0.5, 0.6) is 0 Å². The highest BCUT2D eigenvalue weighted by atomic mass is 35.5. The summed E-state index contributed by atoms with van der Waals surface area (Å²) in [5, 5.41) is 0. The summed E-state index contributed by atoms with van der Waals surface area (Å²) in [6.45, 7) is 2.99. The van der Waals surface area contributed by atoms with Gasteiger partial charge in [-0.1, -0.05) is 25.5 Å². The van der Waals surface area contributed by atoms with Gasteiger partial charge >= 0.3 is 0 Å². The Kier molecular flexibility index (Phi) is 4.89. The first-order valence-electron chi connectivity index (χ1n) is 5.25. The zero-order valence-corrected chi connectivity index (χ0v) is 10.0. The molecule has 0 radical (unpaired) electrons. The van der Waals surface area contributed by atoms with E-state index in [1.165, 1.54) is 6.07 Å². The van der Waals surface area contributed by atoms with E-state index in [2.05, 4.69) is 6.92 Å². The average Bonchev–Trinajstić information content (AvgIpc) is 2.25. The lowest BCUT2D eigenvalue weighted by Gasteiger charge is -2.22. The van der Waals surface area contributed by atoms with Crippen LogP contribution in [0, 0.1) is 5.82 Å². The molecule has 0 bridgehead atoms. The molecule has 0 fully saturated rings. The fraction of sp³-hybridized carbons (Fsp3) is 0.500. The molecule has 3 heteroatoms. The molecule has 1 aromatic carbocycles. The lowest BCUT2D eigenvalue weighted by Crippen LogP contribution is -2.21. The first-order chi connectivity index (χ1) is 7.20. The van der Waals surface area contributed by atoms with Crippen LogP contribution in [0.15, 0.2) is 18.2 Å². The topological polar surface area (TPSA) is 3.24 Å². The lowest BCUT2D eigenvalue weighted by atomic mass is 10.1. The molecule has 1 rings (SSSR count). The largest absolute Gasteiger partial charge is 0.372 e. The smallest absolute Gasteiger partial charge is 0.146 e. The number of hydrogen-bond acceptors (Lipinski definition) is 1. The molecule has 0 N–H and O–H groups in total. The number of benzene rings is 1. The van der Waals surface area contributed by atoms with Gasteiger partial charge in [-0.25, -0.2) is 4.39 Å². The number of para-hydroxylation sites is 1. The number of hydrogen-bond donors (Lipinski definition) is 0. The number of anilines is 1. The van der Waals surface area contributed by atoms with Crippen molar-refractivity contribution in [3.63, 3.8) is 0 Å². The second-order valence-corrected chi connectivity index (χ2v) is 3.92. The Morgan fingerprint density at radius 1 is 1.40 bits per heavy atom. The molecular formula is C12H17ClFN. The maximum absolute atomic E-state index is 13.6. The van der Waals surface area contributed by atoms with Crippen LogP contribution in [-0.2, 0) is 5.88 Å². The molecule has 1 nitrogen and oxygen atoms in total. The van der Waals surface area contributed by atoms with Crippen LogP contribution in [0.1, 0.15) is 25.3 Å². The first kappa shape index (κ1) is 12.3. The van der Waals surface area contributed by atoms with Crippen LogP contribution in [0.2, 0.25) is 0 Å². The molecule has 0 aliphatic heterocycles. The maximum atomic E-state index is 13.6. The monoisotopic (exact) mass is 229 g/mol. The summed E-state index contributed by atoms with van der Waals surface area (Å²) < 4.78 is 13.6. The van der Waals surface area contributed by atoms with E-state index in [0.29, 0.717) is 11.6 Å². The molecule has 84 valence electrons. The average molecular weight is 230 g/mol. The Morgan fingerprint density at radius 3 is 2.73 bits per heavy atom. The summed E-state index contributed by atoms with van der Waals surface area (Å²) in [6, 6.07) is 5.05. The highest BCUT2D eigenvalue weighted by Gasteiger charge is 2.11. The van der Waals surface area contributed by atoms with Crippen molar-refractivity contribution in [2.45, 2.75) is 25.6 Å². The molecule has 15 heavy (non-hydrogen) atoms. The van der Waals surface area contributed by atoms with Gasteiger partial charge in [-0.2, -0.15) is 0 Å². The van der Waals surface area contributed by atoms with Gasteiger partial charge in [0.2, 0.25) is 0 Å². The van der Waals surface area contributed by atoms with Crippen molar-refractivity contribution in [3.8, 4) is 0 Å². The van der Waals surface area contributed by atoms with E-state index in [1.54, 1.807) is 6.07 Å². The Balaban J connectivity index is 2.90. The predicted molar refractivity (Wildman–Crippen MR) is 64.1 cm³/mol. The Labute approximate surface area is 95.8 Å². The van der Waals surface area contributed by atoms with Gasteiger partial charge in [-0.3, -0.25) is 0 Å². The minimum atomic E-state index is -0.188. The van der Waals surface area contributed by atoms with Gasteiger partial charge in [-0.05, 0) is 18.1 Å². The van der Waals surface area contributed by atoms with Gasteiger partial charge in [-0.15, -0.1) is 11.6 Å². The van der Waals surface area contributed by atoms with Gasteiger partial charge < -0.3 is 4.90 Å². The second kappa shape index (κ2) is 5.96. The van der Waals surface area contributed by atoms with Gasteiger partial charge in [0.05, 0.1) is 5.69 Å². The number of halogens is 2. The normalized spacial score (nSPS) is 10.4. The van der Waals surface area contributed by atoms with Crippen molar-refractivity contribution >= 4 is 17.3 Å². The molecule has 1 aromatic rings. The zero-order chi connectivity index (χ0) is 11.3. The van der Waals surface area contributed by atoms with Crippen LogP contribution in [0.4, 0.5) is 10.1 Å². The number of unbranched alkanes of at least 4 members (excludes halogenated alkanes) is 1. The van der Waals surface area contributed by atoms with E-state index in [0.717, 1.165) is 24.9 Å². The van der Waals surface area contributed by atoms with Gasteiger partial charge in [0.15, 0.2) is 0 Å². The van der Waals surface area contributed by atoms with Crippen molar-refractivity contribution in [2.75, 3.05) is 18.5 Å². The molecule has 0 saturated heterocycles. The van der Waals surface area contributed by atoms with Gasteiger partial charge in [0, 0.05) is 19.5 Å². The SMILES string of the molecule is CCCCN(C)c1c(F)cccc1CCl. The van der Waals surface area contributed by atoms with Crippen molar-refractivity contribution < 1.29 is 4.39 Å². The van der Waals surface area contributed by atoms with Crippen LogP contribution in [0.3, 0.4) is 0 Å². The summed E-state index contributed by atoms with van der Waals surface area (Å²) in [5.41, 5.74) is 1.50. The van der Waals surface area contributed by atoms with Crippen LogP contribution < -0.4 is 4.90 Å². The first-order valence-corrected chi connectivity index (χ1v) is 5.78. The molecule has 0 aliphatic carbocycles. The van der Waals surface area contributed by atoms with Crippen molar-refractivity contribution in [3.05, 3.63) is 29.6 Å². The number of nitrogens with zero attached hydrogens (tertiary/aromatic N) is 1. The van der Waals surface area contributed by atoms with E-state index in [-0.39, 0.29) is 5.82 Å². The third-order valence-corrected chi connectivity index (χ3v) is 2.73. The molecule has 0 spiro atoms. The van der Waals surface area contributed by atoms with Crippen molar-refractivity contribution in [1.82, 2.24) is 0 Å². The van der Waals surface area contributed by atoms with E-state index in [4.69, 9.17) is 11.6 Å². The minimum absolute atomic E-state index is 0.188. The van der Waals surface area contributed by atoms with Crippen LogP contribution in [0.25, 0.3) is 0 Å². The second-order valence-electron chi connectivity index (χ2n) is 3.66. The summed E-state index contributed by atoms with van der Waals surface area (Å²) >= 11 is 5.79. The highest BCUT2D eigenvalue weighted by molar-refractivity contribution is 6.17. The molecule has 0 unspecified atom stereocenters. The molecule has 0 heterocycles. The predicted octanol–water partition coefficient (Wildman–Crippen LogP) is 3.80. The lowest BCUT2D eigenvalue weighted by molar-refractivity contribution is 0.618. The zero-order valence-electron chi connectivity index (χ0n) is 9.26. The summed E-state index contributed by atoms with van der Waals surface area (Å²) in [5.74, 6) is 0.163. The van der Waals surface area contributed by atoms with Crippen molar-refractivity contribution in [2.24, 2.45) is 0 Å². The Hall–Kier alpha value is -0.760. The van der Waals surface area contributed by atoms with Crippen LogP contribution >= 0.6 is 11.6 Å². The van der Waals surface area contributed by atoms with E-state index < -0.39 is 0 Å². The molecular weight excluding hydrogens is 213 g/mol. The molecule has 0 aliphatic rings. The Morgan fingerprint density at radius 2 is 2.13 bits per heavy atom. The van der Waals surface area contributed by atoms with Crippen molar-refractivity contribution in [1.29, 1.82) is 0 Å². The minimum Gasteiger partial charge on any atom is -0.372 e. The number of rotatable bonds is 5. The third kappa shape index (κ3) is 3.10. The summed E-state index contributed by atoms with van der Waals surface area (Å²) in [4.78, 5) is 1.94. The molecule has 0 atom stereocenters. The van der Waals surface area contributed by atoms with E-state index >= 15 is 0 Å². The highest BCUT2D eigenvalue weighted by Crippen LogP contribution is 2.25. The quantitative estimate of drug-likeness (QED) is 0.695. The van der Waals surface area contributed by atoms with Gasteiger partial charge in [0.25, 0.3) is 0 Å². The Bertz CT molecular complexity index is 314. The van der Waals surface area contributed by atoms with E-state index in [9.17, 15) is 4.39 Å². The van der Waals surface area contributed by atoms with E-state index in [1.807, 2.05) is 18.0 Å². The van der Waals surface area contributed by atoms with Crippen LogP contribution in [-0.4, -0.2) is 13.6 Å². The maximum Gasteiger partial charge on any atom is 0.146 e. The summed E-state index contributed by atoms with van der Waals surface area (Å²) in [6.07, 6.45) is 2.17. The third-order valence-electron chi connectivity index (χ3n) is 2.44. The molecule has 0 saturated carbocycles. The summed E-state index contributed by atoms with van der Waals surface area (Å²) in [7, 11) is 1.91. The fourth-order valence-electron chi connectivity index (χ4n) is 1.60. The number of alkyl halides is 1. The standard InChI is InChI=1S/C12H17ClFN/c1-3-4-8-15(2)12-10(9-13)6-5-7-11(12)14/h5-7H,3-4,8-9H2,1-2H3. The van der Waals surface area contributed by atoms with Gasteiger partial charge in [0.1, 0.15) is 5.82 Å². The molecule has 0 amide bonds. The fourth-order valence-corrected chi connectivity index (χ4v) is 1.82.